The Morgan fingerprint density at radius 2 is 2.27 bits per heavy atom. The Hall–Kier alpha value is -0.520. The maximum absolute atomic E-state index is 9.13. The van der Waals surface area contributed by atoms with Crippen LogP contribution in [0, 0.1) is 11.3 Å². The van der Waals surface area contributed by atoms with Crippen LogP contribution in [0.15, 0.2) is 12.2 Å². The SMILES string of the molecule is N#C/C=C/[C@@H](O)CCCCCl. The molecule has 0 amide bonds. The van der Waals surface area contributed by atoms with Crippen molar-refractivity contribution in [2.75, 3.05) is 5.88 Å². The van der Waals surface area contributed by atoms with Crippen LogP contribution in [0.3, 0.4) is 0 Å². The quantitative estimate of drug-likeness (QED) is 0.392. The third kappa shape index (κ3) is 7.38. The molecule has 0 aromatic heterocycles. The molecule has 0 saturated heterocycles. The summed E-state index contributed by atoms with van der Waals surface area (Å²) in [5.41, 5.74) is 0. The van der Waals surface area contributed by atoms with Gasteiger partial charge in [-0.15, -0.1) is 11.6 Å². The number of allylic oxidation sites excluding steroid dienone is 1. The first-order valence-electron chi connectivity index (χ1n) is 3.61. The number of hydrogen-bond donors (Lipinski definition) is 1. The standard InChI is InChI=1S/C8H12ClNO/c9-6-2-1-4-8(11)5-3-7-10/h3,5,8,11H,1-2,4,6H2/b5-3+/t8-/m0/s1. The molecule has 11 heavy (non-hydrogen) atoms. The fourth-order valence-corrected chi connectivity index (χ4v) is 0.887. The maximum Gasteiger partial charge on any atom is 0.0909 e. The van der Waals surface area contributed by atoms with Crippen LogP contribution in [0.1, 0.15) is 19.3 Å². The number of rotatable bonds is 5. The summed E-state index contributed by atoms with van der Waals surface area (Å²) in [5, 5.41) is 17.2. The van der Waals surface area contributed by atoms with Crippen molar-refractivity contribution in [1.29, 1.82) is 5.26 Å². The van der Waals surface area contributed by atoms with Gasteiger partial charge in [0.1, 0.15) is 0 Å². The van der Waals surface area contributed by atoms with Gasteiger partial charge in [0.25, 0.3) is 0 Å². The van der Waals surface area contributed by atoms with Crippen LogP contribution >= 0.6 is 11.6 Å². The zero-order valence-electron chi connectivity index (χ0n) is 6.33. The normalized spacial score (nSPS) is 13.2. The van der Waals surface area contributed by atoms with Gasteiger partial charge in [0.2, 0.25) is 0 Å². The molecule has 1 N–H and O–H groups in total. The number of alkyl halides is 1. The molecular weight excluding hydrogens is 162 g/mol. The van der Waals surface area contributed by atoms with Gasteiger partial charge in [-0.1, -0.05) is 0 Å². The number of nitriles is 1. The smallest absolute Gasteiger partial charge is 0.0909 e. The van der Waals surface area contributed by atoms with Gasteiger partial charge in [-0.05, 0) is 25.3 Å². The summed E-state index contributed by atoms with van der Waals surface area (Å²) in [6, 6.07) is 1.82. The monoisotopic (exact) mass is 173 g/mol. The van der Waals surface area contributed by atoms with E-state index in [1.807, 2.05) is 6.07 Å². The summed E-state index contributed by atoms with van der Waals surface area (Å²) >= 11 is 5.44. The molecule has 0 unspecified atom stereocenters. The number of aliphatic hydroxyl groups excluding tert-OH is 1. The summed E-state index contributed by atoms with van der Waals surface area (Å²) in [5.74, 6) is 0.634. The van der Waals surface area contributed by atoms with Crippen LogP contribution in [-0.4, -0.2) is 17.1 Å². The minimum Gasteiger partial charge on any atom is -0.389 e. The minimum absolute atomic E-state index is 0.488. The lowest BCUT2D eigenvalue weighted by atomic mass is 10.1. The first-order chi connectivity index (χ1) is 5.31. The molecule has 62 valence electrons. The molecule has 2 nitrogen and oxygen atoms in total. The van der Waals surface area contributed by atoms with E-state index in [1.165, 1.54) is 12.2 Å². The van der Waals surface area contributed by atoms with Crippen molar-refractivity contribution in [2.45, 2.75) is 25.4 Å². The van der Waals surface area contributed by atoms with E-state index >= 15 is 0 Å². The number of hydrogen-bond acceptors (Lipinski definition) is 2. The Labute approximate surface area is 72.1 Å². The first-order valence-corrected chi connectivity index (χ1v) is 4.15. The molecule has 0 aromatic rings. The van der Waals surface area contributed by atoms with Gasteiger partial charge >= 0.3 is 0 Å². The first kappa shape index (κ1) is 10.5. The Balaban J connectivity index is 3.31. The molecule has 0 rings (SSSR count). The average molecular weight is 174 g/mol. The van der Waals surface area contributed by atoms with Gasteiger partial charge in [-0.25, -0.2) is 0 Å². The van der Waals surface area contributed by atoms with Crippen molar-refractivity contribution in [2.24, 2.45) is 0 Å². The van der Waals surface area contributed by atoms with E-state index in [0.717, 1.165) is 12.8 Å². The van der Waals surface area contributed by atoms with Crippen LogP contribution in [-0.2, 0) is 0 Å². The fraction of sp³-hybridized carbons (Fsp3) is 0.625. The largest absolute Gasteiger partial charge is 0.389 e. The highest BCUT2D eigenvalue weighted by Gasteiger charge is 1.96. The van der Waals surface area contributed by atoms with E-state index in [2.05, 4.69) is 0 Å². The second-order valence-corrected chi connectivity index (χ2v) is 2.62. The zero-order chi connectivity index (χ0) is 8.53. The number of nitrogens with zero attached hydrogens (tertiary/aromatic N) is 1. The van der Waals surface area contributed by atoms with Crippen molar-refractivity contribution in [3.8, 4) is 6.07 Å². The van der Waals surface area contributed by atoms with Crippen LogP contribution in [0.4, 0.5) is 0 Å². The van der Waals surface area contributed by atoms with Gasteiger partial charge < -0.3 is 5.11 Å². The summed E-state index contributed by atoms with van der Waals surface area (Å²) in [6.07, 6.45) is 4.81. The molecular formula is C8H12ClNO. The Morgan fingerprint density at radius 1 is 1.55 bits per heavy atom. The number of unbranched alkanes of at least 4 members (excludes halogenated alkanes) is 1. The van der Waals surface area contributed by atoms with Crippen LogP contribution < -0.4 is 0 Å². The van der Waals surface area contributed by atoms with Gasteiger partial charge in [-0.3, -0.25) is 0 Å². The van der Waals surface area contributed by atoms with Crippen molar-refractivity contribution in [3.05, 3.63) is 12.2 Å². The molecule has 0 radical (unpaired) electrons. The lowest BCUT2D eigenvalue weighted by molar-refractivity contribution is 0.209. The van der Waals surface area contributed by atoms with Gasteiger partial charge in [0.15, 0.2) is 0 Å². The lowest BCUT2D eigenvalue weighted by Crippen LogP contribution is -2.01. The number of aliphatic hydroxyl groups is 1. The third-order valence-electron chi connectivity index (χ3n) is 1.28. The third-order valence-corrected chi connectivity index (χ3v) is 1.54. The molecule has 0 heterocycles. The van der Waals surface area contributed by atoms with E-state index < -0.39 is 6.10 Å². The Kier molecular flexibility index (Phi) is 7.23. The Morgan fingerprint density at radius 3 is 2.82 bits per heavy atom. The van der Waals surface area contributed by atoms with E-state index in [1.54, 1.807) is 0 Å². The topological polar surface area (TPSA) is 44.0 Å². The maximum atomic E-state index is 9.13. The van der Waals surface area contributed by atoms with E-state index in [4.69, 9.17) is 22.0 Å². The minimum atomic E-state index is -0.488. The van der Waals surface area contributed by atoms with Gasteiger partial charge in [-0.2, -0.15) is 5.26 Å². The molecule has 0 spiro atoms. The average Bonchev–Trinajstić information content (AvgIpc) is 2.01. The van der Waals surface area contributed by atoms with Crippen molar-refractivity contribution >= 4 is 11.6 Å². The molecule has 0 aliphatic carbocycles. The van der Waals surface area contributed by atoms with E-state index in [9.17, 15) is 0 Å². The van der Waals surface area contributed by atoms with Gasteiger partial charge in [0.05, 0.1) is 12.2 Å². The van der Waals surface area contributed by atoms with Crippen molar-refractivity contribution in [1.82, 2.24) is 0 Å². The summed E-state index contributed by atoms with van der Waals surface area (Å²) in [7, 11) is 0. The summed E-state index contributed by atoms with van der Waals surface area (Å²) in [4.78, 5) is 0. The van der Waals surface area contributed by atoms with Crippen molar-refractivity contribution in [3.63, 3.8) is 0 Å². The molecule has 1 atom stereocenters. The van der Waals surface area contributed by atoms with E-state index in [-0.39, 0.29) is 0 Å². The highest BCUT2D eigenvalue weighted by molar-refractivity contribution is 6.17. The van der Waals surface area contributed by atoms with Crippen LogP contribution in [0.25, 0.3) is 0 Å². The van der Waals surface area contributed by atoms with Gasteiger partial charge in [0, 0.05) is 12.0 Å². The molecule has 0 aromatic carbocycles. The highest BCUT2D eigenvalue weighted by Crippen LogP contribution is 2.02. The van der Waals surface area contributed by atoms with Crippen LogP contribution in [0.5, 0.6) is 0 Å². The summed E-state index contributed by atoms with van der Waals surface area (Å²) < 4.78 is 0. The van der Waals surface area contributed by atoms with Crippen molar-refractivity contribution < 1.29 is 5.11 Å². The summed E-state index contributed by atoms with van der Waals surface area (Å²) in [6.45, 7) is 0. The predicted molar refractivity (Wildman–Crippen MR) is 45.3 cm³/mol. The Bertz CT molecular complexity index is 151. The second-order valence-electron chi connectivity index (χ2n) is 2.24. The molecule has 3 heteroatoms. The highest BCUT2D eigenvalue weighted by atomic mass is 35.5. The molecule has 0 fully saturated rings. The fourth-order valence-electron chi connectivity index (χ4n) is 0.698. The zero-order valence-corrected chi connectivity index (χ0v) is 7.09. The molecule has 0 bridgehead atoms. The van der Waals surface area contributed by atoms with Crippen LogP contribution in [0.2, 0.25) is 0 Å². The van der Waals surface area contributed by atoms with E-state index in [0.29, 0.717) is 12.3 Å². The molecule has 0 aliphatic heterocycles. The predicted octanol–water partition coefficient (Wildman–Crippen LogP) is 1.84. The lowest BCUT2D eigenvalue weighted by Gasteiger charge is -2.01. The molecule has 0 saturated carbocycles. The second kappa shape index (κ2) is 7.59. The molecule has 0 aliphatic rings. The number of halogens is 1.